The van der Waals surface area contributed by atoms with Crippen LogP contribution in [0.2, 0.25) is 0 Å². The summed E-state index contributed by atoms with van der Waals surface area (Å²) in [5, 5.41) is 0. The molecule has 1 saturated carbocycles. The zero-order valence-electron chi connectivity index (χ0n) is 11.4. The number of aromatic nitrogens is 1. The predicted molar refractivity (Wildman–Crippen MR) is 75.0 cm³/mol. The van der Waals surface area contributed by atoms with Crippen LogP contribution in [0.25, 0.3) is 0 Å². The molecule has 0 atom stereocenters. The first kappa shape index (κ1) is 12.7. The number of aryl methyl sites for hydroxylation is 1. The number of hydrogen-bond donors (Lipinski definition) is 1. The van der Waals surface area contributed by atoms with Crippen LogP contribution in [0.1, 0.15) is 34.9 Å². The molecule has 1 aliphatic rings. The molecule has 1 fully saturated rings. The standard InChI is InChI=1S/C15H17N3O2/c1-10-4-7-12(20-10)9-18(11-5-6-11)15(19)14-13(16)3-2-8-17-14/h2-4,7-8,11H,5-6,9,16H2,1H3. The number of pyridine rings is 1. The van der Waals surface area contributed by atoms with Crippen LogP contribution in [0.4, 0.5) is 5.69 Å². The molecule has 0 aromatic carbocycles. The molecule has 0 bridgehead atoms. The number of carbonyl (C=O) groups excluding carboxylic acids is 1. The summed E-state index contributed by atoms with van der Waals surface area (Å²) in [5.41, 5.74) is 6.58. The summed E-state index contributed by atoms with van der Waals surface area (Å²) in [6.45, 7) is 2.36. The monoisotopic (exact) mass is 271 g/mol. The van der Waals surface area contributed by atoms with Gasteiger partial charge in [0, 0.05) is 12.2 Å². The quantitative estimate of drug-likeness (QED) is 0.926. The van der Waals surface area contributed by atoms with Crippen molar-refractivity contribution in [2.45, 2.75) is 32.4 Å². The molecule has 5 nitrogen and oxygen atoms in total. The fraction of sp³-hybridized carbons (Fsp3) is 0.333. The van der Waals surface area contributed by atoms with Crippen molar-refractivity contribution < 1.29 is 9.21 Å². The average molecular weight is 271 g/mol. The van der Waals surface area contributed by atoms with Gasteiger partial charge in [-0.25, -0.2) is 4.98 Å². The summed E-state index contributed by atoms with van der Waals surface area (Å²) >= 11 is 0. The molecule has 2 N–H and O–H groups in total. The fourth-order valence-corrected chi connectivity index (χ4v) is 2.22. The van der Waals surface area contributed by atoms with E-state index in [1.54, 1.807) is 23.2 Å². The SMILES string of the molecule is Cc1ccc(CN(C(=O)c2ncccc2N)C2CC2)o1. The zero-order chi connectivity index (χ0) is 14.1. The highest BCUT2D eigenvalue weighted by Crippen LogP contribution is 2.30. The third-order valence-corrected chi connectivity index (χ3v) is 3.41. The van der Waals surface area contributed by atoms with E-state index in [2.05, 4.69) is 4.98 Å². The van der Waals surface area contributed by atoms with E-state index in [0.717, 1.165) is 24.4 Å². The van der Waals surface area contributed by atoms with Crippen LogP contribution in [0, 0.1) is 6.92 Å². The number of anilines is 1. The molecule has 20 heavy (non-hydrogen) atoms. The predicted octanol–water partition coefficient (Wildman–Crippen LogP) is 2.37. The Balaban J connectivity index is 1.84. The number of nitrogens with two attached hydrogens (primary N) is 1. The van der Waals surface area contributed by atoms with E-state index < -0.39 is 0 Å². The van der Waals surface area contributed by atoms with Gasteiger partial charge in [0.2, 0.25) is 0 Å². The van der Waals surface area contributed by atoms with Crippen molar-refractivity contribution >= 4 is 11.6 Å². The van der Waals surface area contributed by atoms with Gasteiger partial charge < -0.3 is 15.1 Å². The summed E-state index contributed by atoms with van der Waals surface area (Å²) in [4.78, 5) is 18.5. The van der Waals surface area contributed by atoms with E-state index in [-0.39, 0.29) is 11.9 Å². The maximum Gasteiger partial charge on any atom is 0.275 e. The molecule has 2 heterocycles. The Labute approximate surface area is 117 Å². The summed E-state index contributed by atoms with van der Waals surface area (Å²) in [7, 11) is 0. The van der Waals surface area contributed by atoms with Crippen LogP contribution in [0.5, 0.6) is 0 Å². The van der Waals surface area contributed by atoms with Crippen LogP contribution < -0.4 is 5.73 Å². The minimum Gasteiger partial charge on any atom is -0.464 e. The molecule has 0 unspecified atom stereocenters. The van der Waals surface area contributed by atoms with E-state index >= 15 is 0 Å². The Kier molecular flexibility index (Phi) is 3.18. The van der Waals surface area contributed by atoms with Crippen molar-refractivity contribution in [3.63, 3.8) is 0 Å². The first-order valence-corrected chi connectivity index (χ1v) is 6.72. The lowest BCUT2D eigenvalue weighted by molar-refractivity contribution is 0.0712. The molecule has 0 saturated heterocycles. The first-order chi connectivity index (χ1) is 9.65. The van der Waals surface area contributed by atoms with E-state index in [1.165, 1.54) is 0 Å². The highest BCUT2D eigenvalue weighted by Gasteiger charge is 2.34. The zero-order valence-corrected chi connectivity index (χ0v) is 11.4. The van der Waals surface area contributed by atoms with Gasteiger partial charge in [-0.3, -0.25) is 4.79 Å². The average Bonchev–Trinajstić information content (AvgIpc) is 3.19. The second-order valence-electron chi connectivity index (χ2n) is 5.12. The molecule has 1 amide bonds. The van der Waals surface area contributed by atoms with Gasteiger partial charge in [-0.1, -0.05) is 0 Å². The number of nitrogen functional groups attached to an aromatic ring is 1. The number of nitrogens with zero attached hydrogens (tertiary/aromatic N) is 2. The molecule has 5 heteroatoms. The molecule has 1 aliphatic carbocycles. The fourth-order valence-electron chi connectivity index (χ4n) is 2.22. The number of rotatable bonds is 4. The lowest BCUT2D eigenvalue weighted by Gasteiger charge is -2.21. The highest BCUT2D eigenvalue weighted by atomic mass is 16.3. The largest absolute Gasteiger partial charge is 0.464 e. The van der Waals surface area contributed by atoms with Crippen LogP contribution in [0.3, 0.4) is 0 Å². The van der Waals surface area contributed by atoms with E-state index in [1.807, 2.05) is 19.1 Å². The molecule has 0 aliphatic heterocycles. The van der Waals surface area contributed by atoms with Gasteiger partial charge in [-0.2, -0.15) is 0 Å². The molecular formula is C15H17N3O2. The number of hydrogen-bond acceptors (Lipinski definition) is 4. The van der Waals surface area contributed by atoms with Crippen molar-refractivity contribution in [3.05, 3.63) is 47.7 Å². The second-order valence-corrected chi connectivity index (χ2v) is 5.12. The minimum atomic E-state index is -0.125. The molecular weight excluding hydrogens is 254 g/mol. The molecule has 0 spiro atoms. The van der Waals surface area contributed by atoms with Gasteiger partial charge in [-0.05, 0) is 44.0 Å². The van der Waals surface area contributed by atoms with Crippen LogP contribution in [0.15, 0.2) is 34.9 Å². The topological polar surface area (TPSA) is 72.4 Å². The van der Waals surface area contributed by atoms with Crippen molar-refractivity contribution in [2.24, 2.45) is 0 Å². The number of amides is 1. The van der Waals surface area contributed by atoms with E-state index in [0.29, 0.717) is 17.9 Å². The lowest BCUT2D eigenvalue weighted by Crippen LogP contribution is -2.33. The summed E-state index contributed by atoms with van der Waals surface area (Å²) < 4.78 is 5.56. The first-order valence-electron chi connectivity index (χ1n) is 6.72. The Bertz CT molecular complexity index is 632. The van der Waals surface area contributed by atoms with Gasteiger partial charge in [0.05, 0.1) is 12.2 Å². The third-order valence-electron chi connectivity index (χ3n) is 3.41. The van der Waals surface area contributed by atoms with Crippen LogP contribution in [-0.4, -0.2) is 21.8 Å². The van der Waals surface area contributed by atoms with Crippen LogP contribution >= 0.6 is 0 Å². The van der Waals surface area contributed by atoms with Crippen molar-refractivity contribution in [3.8, 4) is 0 Å². The lowest BCUT2D eigenvalue weighted by atomic mass is 10.2. The normalized spacial score (nSPS) is 14.2. The van der Waals surface area contributed by atoms with Crippen LogP contribution in [-0.2, 0) is 6.54 Å². The summed E-state index contributed by atoms with van der Waals surface area (Å²) in [6.07, 6.45) is 3.64. The molecule has 2 aromatic rings. The molecule has 104 valence electrons. The van der Waals surface area contributed by atoms with Crippen molar-refractivity contribution in [1.29, 1.82) is 0 Å². The molecule has 0 radical (unpaired) electrons. The van der Waals surface area contributed by atoms with E-state index in [9.17, 15) is 4.79 Å². The van der Waals surface area contributed by atoms with Gasteiger partial charge in [0.15, 0.2) is 5.69 Å². The van der Waals surface area contributed by atoms with Crippen molar-refractivity contribution in [2.75, 3.05) is 5.73 Å². The minimum absolute atomic E-state index is 0.125. The van der Waals surface area contributed by atoms with E-state index in [4.69, 9.17) is 10.2 Å². The smallest absolute Gasteiger partial charge is 0.275 e. The Morgan fingerprint density at radius 2 is 2.25 bits per heavy atom. The van der Waals surface area contributed by atoms with Gasteiger partial charge >= 0.3 is 0 Å². The summed E-state index contributed by atoms with van der Waals surface area (Å²) in [5.74, 6) is 1.51. The Hall–Kier alpha value is -2.30. The Morgan fingerprint density at radius 3 is 2.85 bits per heavy atom. The number of furan rings is 1. The molecule has 3 rings (SSSR count). The maximum absolute atomic E-state index is 12.6. The van der Waals surface area contributed by atoms with Gasteiger partial charge in [0.1, 0.15) is 11.5 Å². The highest BCUT2D eigenvalue weighted by molar-refractivity contribution is 5.97. The third kappa shape index (κ3) is 2.52. The molecule has 2 aromatic heterocycles. The second kappa shape index (κ2) is 5.00. The maximum atomic E-state index is 12.6. The number of carbonyl (C=O) groups is 1. The van der Waals surface area contributed by atoms with Gasteiger partial charge in [-0.15, -0.1) is 0 Å². The Morgan fingerprint density at radius 1 is 1.45 bits per heavy atom. The van der Waals surface area contributed by atoms with Crippen molar-refractivity contribution in [1.82, 2.24) is 9.88 Å². The summed E-state index contributed by atoms with van der Waals surface area (Å²) in [6, 6.07) is 7.50. The van der Waals surface area contributed by atoms with Gasteiger partial charge in [0.25, 0.3) is 5.91 Å².